The maximum absolute atomic E-state index is 11.5. The maximum Gasteiger partial charge on any atom is 0.341 e. The number of aromatic nitrogens is 1. The second-order valence-corrected chi connectivity index (χ2v) is 3.14. The molecule has 0 aliphatic heterocycles. The summed E-state index contributed by atoms with van der Waals surface area (Å²) in [5, 5.41) is 3.03. The van der Waals surface area contributed by atoms with E-state index in [9.17, 15) is 4.79 Å². The van der Waals surface area contributed by atoms with Gasteiger partial charge in [0.15, 0.2) is 0 Å². The number of ether oxygens (including phenoxy) is 1. The Balaban J connectivity index is 2.80. The molecule has 1 rings (SSSR count). The molecule has 1 aromatic heterocycles. The topological polar surface area (TPSA) is 51.2 Å². The number of carbonyl (C=O) groups is 1. The first-order valence-corrected chi connectivity index (χ1v) is 5.24. The normalized spacial score (nSPS) is 9.73. The van der Waals surface area contributed by atoms with Gasteiger partial charge in [-0.1, -0.05) is 0 Å². The fourth-order valence-corrected chi connectivity index (χ4v) is 1.20. The van der Waals surface area contributed by atoms with E-state index in [2.05, 4.69) is 10.3 Å². The second kappa shape index (κ2) is 6.24. The van der Waals surface area contributed by atoms with Gasteiger partial charge in [-0.3, -0.25) is 4.98 Å². The van der Waals surface area contributed by atoms with Crippen molar-refractivity contribution in [3.8, 4) is 0 Å². The first-order chi connectivity index (χ1) is 7.29. The quantitative estimate of drug-likeness (QED) is 0.618. The van der Waals surface area contributed by atoms with E-state index < -0.39 is 0 Å². The Labute approximate surface area is 93.6 Å². The van der Waals surface area contributed by atoms with Crippen LogP contribution in [-0.4, -0.2) is 30.0 Å². The molecule has 0 bridgehead atoms. The average Bonchev–Trinajstić information content (AvgIpc) is 2.27. The molecule has 0 aromatic carbocycles. The largest absolute Gasteiger partial charge is 0.462 e. The zero-order chi connectivity index (χ0) is 11.1. The Morgan fingerprint density at radius 2 is 2.47 bits per heavy atom. The number of hydrogen-bond acceptors (Lipinski definition) is 4. The lowest BCUT2D eigenvalue weighted by molar-refractivity contribution is 0.0527. The van der Waals surface area contributed by atoms with E-state index in [1.54, 1.807) is 19.2 Å². The Kier molecular flexibility index (Phi) is 4.90. The zero-order valence-electron chi connectivity index (χ0n) is 8.50. The molecule has 82 valence electrons. The van der Waals surface area contributed by atoms with Crippen LogP contribution in [0.15, 0.2) is 18.5 Å². The van der Waals surface area contributed by atoms with Crippen molar-refractivity contribution in [3.05, 3.63) is 24.0 Å². The molecule has 0 atom stereocenters. The molecular formula is C10H13ClN2O2. The summed E-state index contributed by atoms with van der Waals surface area (Å²) in [7, 11) is 0. The number of nitrogens with one attached hydrogen (secondary N) is 1. The number of anilines is 1. The predicted molar refractivity (Wildman–Crippen MR) is 59.4 cm³/mol. The SMILES string of the molecule is CCOC(=O)c1cnccc1NCCCl. The summed E-state index contributed by atoms with van der Waals surface area (Å²) < 4.78 is 4.90. The number of pyridine rings is 1. The van der Waals surface area contributed by atoms with Crippen molar-refractivity contribution in [1.29, 1.82) is 0 Å². The zero-order valence-corrected chi connectivity index (χ0v) is 9.25. The fourth-order valence-electron chi connectivity index (χ4n) is 1.10. The molecule has 5 heteroatoms. The van der Waals surface area contributed by atoms with Gasteiger partial charge in [0.25, 0.3) is 0 Å². The first kappa shape index (κ1) is 11.8. The van der Waals surface area contributed by atoms with Crippen molar-refractivity contribution in [1.82, 2.24) is 4.98 Å². The lowest BCUT2D eigenvalue weighted by Gasteiger charge is -2.09. The highest BCUT2D eigenvalue weighted by atomic mass is 35.5. The van der Waals surface area contributed by atoms with Gasteiger partial charge in [-0.05, 0) is 13.0 Å². The van der Waals surface area contributed by atoms with E-state index in [0.29, 0.717) is 30.3 Å². The summed E-state index contributed by atoms with van der Waals surface area (Å²) in [5.41, 5.74) is 1.13. The number of alkyl halides is 1. The van der Waals surface area contributed by atoms with Crippen LogP contribution in [0.2, 0.25) is 0 Å². The van der Waals surface area contributed by atoms with E-state index in [-0.39, 0.29) is 5.97 Å². The van der Waals surface area contributed by atoms with Crippen LogP contribution in [0.4, 0.5) is 5.69 Å². The molecule has 0 amide bonds. The highest BCUT2D eigenvalue weighted by Crippen LogP contribution is 2.14. The van der Waals surface area contributed by atoms with Crippen molar-refractivity contribution in [2.24, 2.45) is 0 Å². The van der Waals surface area contributed by atoms with Crippen LogP contribution in [-0.2, 0) is 4.74 Å². The predicted octanol–water partition coefficient (Wildman–Crippen LogP) is 1.91. The molecule has 4 nitrogen and oxygen atoms in total. The van der Waals surface area contributed by atoms with E-state index in [1.807, 2.05) is 0 Å². The Bertz CT molecular complexity index is 331. The van der Waals surface area contributed by atoms with Crippen molar-refractivity contribution in [2.75, 3.05) is 24.3 Å². The smallest absolute Gasteiger partial charge is 0.341 e. The summed E-state index contributed by atoms with van der Waals surface area (Å²) >= 11 is 5.55. The lowest BCUT2D eigenvalue weighted by Crippen LogP contribution is -2.11. The molecule has 0 saturated heterocycles. The summed E-state index contributed by atoms with van der Waals surface area (Å²) in [4.78, 5) is 15.4. The van der Waals surface area contributed by atoms with Crippen molar-refractivity contribution < 1.29 is 9.53 Å². The minimum atomic E-state index is -0.373. The molecular weight excluding hydrogens is 216 g/mol. The van der Waals surface area contributed by atoms with Gasteiger partial charge in [0.2, 0.25) is 0 Å². The number of halogens is 1. The van der Waals surface area contributed by atoms with E-state index in [0.717, 1.165) is 0 Å². The van der Waals surface area contributed by atoms with Gasteiger partial charge in [-0.2, -0.15) is 0 Å². The van der Waals surface area contributed by atoms with Crippen LogP contribution < -0.4 is 5.32 Å². The minimum absolute atomic E-state index is 0.350. The average molecular weight is 229 g/mol. The van der Waals surface area contributed by atoms with Crippen LogP contribution in [0.1, 0.15) is 17.3 Å². The molecule has 0 spiro atoms. The lowest BCUT2D eigenvalue weighted by atomic mass is 10.2. The van der Waals surface area contributed by atoms with E-state index in [4.69, 9.17) is 16.3 Å². The standard InChI is InChI=1S/C10H13ClN2O2/c1-2-15-10(14)8-7-12-5-3-9(8)13-6-4-11/h3,5,7H,2,4,6H2,1H3,(H,12,13). The van der Waals surface area contributed by atoms with Gasteiger partial charge < -0.3 is 10.1 Å². The number of carbonyl (C=O) groups excluding carboxylic acids is 1. The Hall–Kier alpha value is -1.29. The van der Waals surface area contributed by atoms with Crippen molar-refractivity contribution >= 4 is 23.3 Å². The fraction of sp³-hybridized carbons (Fsp3) is 0.400. The number of rotatable bonds is 5. The van der Waals surface area contributed by atoms with Gasteiger partial charge in [-0.25, -0.2) is 4.79 Å². The maximum atomic E-state index is 11.5. The summed E-state index contributed by atoms with van der Waals surface area (Å²) in [6, 6.07) is 1.72. The van der Waals surface area contributed by atoms with Gasteiger partial charge in [-0.15, -0.1) is 11.6 Å². The minimum Gasteiger partial charge on any atom is -0.462 e. The number of esters is 1. The first-order valence-electron chi connectivity index (χ1n) is 4.70. The molecule has 1 N–H and O–H groups in total. The van der Waals surface area contributed by atoms with Gasteiger partial charge in [0, 0.05) is 24.8 Å². The number of hydrogen-bond donors (Lipinski definition) is 1. The molecule has 1 aromatic rings. The molecule has 1 heterocycles. The van der Waals surface area contributed by atoms with Crippen LogP contribution in [0.25, 0.3) is 0 Å². The summed E-state index contributed by atoms with van der Waals surface area (Å²) in [6.07, 6.45) is 3.09. The summed E-state index contributed by atoms with van der Waals surface area (Å²) in [6.45, 7) is 2.71. The molecule has 0 aliphatic rings. The van der Waals surface area contributed by atoms with Crippen LogP contribution >= 0.6 is 11.6 Å². The van der Waals surface area contributed by atoms with Gasteiger partial charge >= 0.3 is 5.97 Å². The van der Waals surface area contributed by atoms with Crippen molar-refractivity contribution in [3.63, 3.8) is 0 Å². The third kappa shape index (κ3) is 3.40. The van der Waals surface area contributed by atoms with Crippen LogP contribution in [0, 0.1) is 0 Å². The monoisotopic (exact) mass is 228 g/mol. The Morgan fingerprint density at radius 3 is 3.13 bits per heavy atom. The third-order valence-electron chi connectivity index (χ3n) is 1.73. The summed E-state index contributed by atoms with van der Waals surface area (Å²) in [5.74, 6) is 0.104. The number of nitrogens with zero attached hydrogens (tertiary/aromatic N) is 1. The van der Waals surface area contributed by atoms with Crippen LogP contribution in [0.5, 0.6) is 0 Å². The second-order valence-electron chi connectivity index (χ2n) is 2.76. The molecule has 0 unspecified atom stereocenters. The third-order valence-corrected chi connectivity index (χ3v) is 1.92. The van der Waals surface area contributed by atoms with Crippen molar-refractivity contribution in [2.45, 2.75) is 6.92 Å². The Morgan fingerprint density at radius 1 is 1.67 bits per heavy atom. The highest BCUT2D eigenvalue weighted by molar-refractivity contribution is 6.18. The molecule has 0 radical (unpaired) electrons. The molecule has 0 fully saturated rings. The van der Waals surface area contributed by atoms with Gasteiger partial charge in [0.1, 0.15) is 5.56 Å². The van der Waals surface area contributed by atoms with E-state index >= 15 is 0 Å². The molecule has 0 aliphatic carbocycles. The van der Waals surface area contributed by atoms with E-state index in [1.165, 1.54) is 6.20 Å². The highest BCUT2D eigenvalue weighted by Gasteiger charge is 2.11. The van der Waals surface area contributed by atoms with Gasteiger partial charge in [0.05, 0.1) is 12.3 Å². The molecule has 0 saturated carbocycles. The molecule has 15 heavy (non-hydrogen) atoms. The van der Waals surface area contributed by atoms with Crippen LogP contribution in [0.3, 0.4) is 0 Å².